The van der Waals surface area contributed by atoms with Gasteiger partial charge in [0.1, 0.15) is 17.2 Å². The van der Waals surface area contributed by atoms with Crippen molar-refractivity contribution in [2.24, 2.45) is 16.0 Å². The second kappa shape index (κ2) is 10.7. The van der Waals surface area contributed by atoms with Crippen LogP contribution in [-0.2, 0) is 4.74 Å². The summed E-state index contributed by atoms with van der Waals surface area (Å²) in [6.07, 6.45) is 6.67. The Labute approximate surface area is 200 Å². The van der Waals surface area contributed by atoms with E-state index in [4.69, 9.17) is 10.6 Å². The van der Waals surface area contributed by atoms with Crippen molar-refractivity contribution < 1.29 is 13.5 Å². The molecule has 4 rings (SSSR count). The van der Waals surface area contributed by atoms with E-state index in [1.807, 2.05) is 6.07 Å². The number of ether oxygens (including phenoxy) is 1. The third kappa shape index (κ3) is 5.58. The first-order valence-electron chi connectivity index (χ1n) is 10.7. The Hall–Kier alpha value is -4.38. The molecule has 0 saturated heterocycles. The van der Waals surface area contributed by atoms with Crippen molar-refractivity contribution in [3.05, 3.63) is 84.4 Å². The zero-order valence-corrected chi connectivity index (χ0v) is 19.0. The minimum Gasteiger partial charge on any atom is -0.383 e. The van der Waals surface area contributed by atoms with E-state index in [0.717, 1.165) is 11.8 Å². The Kier molecular flexibility index (Phi) is 7.27. The molecule has 0 bridgehead atoms. The molecule has 0 fully saturated rings. The Morgan fingerprint density at radius 2 is 1.94 bits per heavy atom. The SMILES string of the molecule is C=C1C=CC(c2cc(F)cc(F)c2)=NN1/C(CNc1ccnc2cc(NCCOC)cnc12)=N\N. The summed E-state index contributed by atoms with van der Waals surface area (Å²) >= 11 is 0. The van der Waals surface area contributed by atoms with Crippen molar-refractivity contribution in [1.29, 1.82) is 0 Å². The average Bonchev–Trinajstić information content (AvgIpc) is 2.85. The van der Waals surface area contributed by atoms with Gasteiger partial charge in [-0.05, 0) is 36.4 Å². The van der Waals surface area contributed by atoms with Crippen molar-refractivity contribution in [2.75, 3.05) is 37.4 Å². The monoisotopic (exact) mass is 478 g/mol. The van der Waals surface area contributed by atoms with E-state index in [9.17, 15) is 8.78 Å². The molecule has 0 aliphatic carbocycles. The van der Waals surface area contributed by atoms with Crippen LogP contribution in [0.15, 0.2) is 77.4 Å². The van der Waals surface area contributed by atoms with Crippen LogP contribution in [0.5, 0.6) is 0 Å². The number of nitrogens with one attached hydrogen (secondary N) is 2. The second-order valence-corrected chi connectivity index (χ2v) is 7.55. The van der Waals surface area contributed by atoms with Crippen molar-refractivity contribution >= 4 is 34.0 Å². The molecule has 11 heteroatoms. The quantitative estimate of drug-likeness (QED) is 0.149. The van der Waals surface area contributed by atoms with E-state index >= 15 is 0 Å². The summed E-state index contributed by atoms with van der Waals surface area (Å²) in [5.74, 6) is 4.59. The molecule has 1 aliphatic heterocycles. The van der Waals surface area contributed by atoms with Crippen molar-refractivity contribution in [1.82, 2.24) is 15.0 Å². The van der Waals surface area contributed by atoms with Crippen molar-refractivity contribution in [3.63, 3.8) is 0 Å². The van der Waals surface area contributed by atoms with Gasteiger partial charge in [0.2, 0.25) is 0 Å². The van der Waals surface area contributed by atoms with Crippen molar-refractivity contribution in [2.45, 2.75) is 0 Å². The highest BCUT2D eigenvalue weighted by Crippen LogP contribution is 2.23. The fraction of sp³-hybridized carbons (Fsp3) is 0.167. The lowest BCUT2D eigenvalue weighted by molar-refractivity contribution is 0.211. The first-order chi connectivity index (χ1) is 17.0. The van der Waals surface area contributed by atoms with E-state index in [0.29, 0.717) is 47.1 Å². The van der Waals surface area contributed by atoms with Gasteiger partial charge in [-0.15, -0.1) is 0 Å². The average molecular weight is 479 g/mol. The molecule has 2 aromatic heterocycles. The Morgan fingerprint density at radius 1 is 1.14 bits per heavy atom. The number of amidine groups is 1. The first-order valence-corrected chi connectivity index (χ1v) is 10.7. The standard InChI is InChI=1S/C24H24F2N8O/c1-15-3-4-20(16-9-17(25)11-18(26)10-16)33-34(15)23(32-27)14-30-21-5-6-29-22-12-19(13-31-24(21)22)28-7-8-35-2/h3-6,9-13,28H,1,7-8,14,27H2,2H3,(H,29,30)/b32-23-. The lowest BCUT2D eigenvalue weighted by Gasteiger charge is -2.25. The zero-order valence-electron chi connectivity index (χ0n) is 19.0. The molecule has 0 amide bonds. The molecular weight excluding hydrogens is 454 g/mol. The number of hydrogen-bond donors (Lipinski definition) is 3. The van der Waals surface area contributed by atoms with Crippen LogP contribution in [0.25, 0.3) is 11.0 Å². The molecule has 1 aromatic carbocycles. The molecule has 1 aliphatic rings. The number of halogens is 2. The summed E-state index contributed by atoms with van der Waals surface area (Å²) in [5, 5.41) is 16.2. The summed E-state index contributed by atoms with van der Waals surface area (Å²) in [5.41, 5.74) is 4.01. The molecule has 3 heterocycles. The largest absolute Gasteiger partial charge is 0.383 e. The van der Waals surface area contributed by atoms with Gasteiger partial charge >= 0.3 is 0 Å². The number of benzene rings is 1. The van der Waals surface area contributed by atoms with Crippen LogP contribution in [0.3, 0.4) is 0 Å². The number of aromatic nitrogens is 2. The maximum Gasteiger partial charge on any atom is 0.169 e. The van der Waals surface area contributed by atoms with Gasteiger partial charge in [0.15, 0.2) is 5.84 Å². The molecule has 9 nitrogen and oxygen atoms in total. The lowest BCUT2D eigenvalue weighted by atomic mass is 10.1. The van der Waals surface area contributed by atoms with E-state index in [1.54, 1.807) is 37.7 Å². The molecule has 0 spiro atoms. The number of methoxy groups -OCH3 is 1. The van der Waals surface area contributed by atoms with Crippen LogP contribution in [0.4, 0.5) is 20.2 Å². The van der Waals surface area contributed by atoms with Gasteiger partial charge < -0.3 is 21.2 Å². The Morgan fingerprint density at radius 3 is 2.69 bits per heavy atom. The Balaban J connectivity index is 1.53. The number of fused-ring (bicyclic) bond motifs is 1. The third-order valence-electron chi connectivity index (χ3n) is 5.11. The highest BCUT2D eigenvalue weighted by Gasteiger charge is 2.19. The minimum absolute atomic E-state index is 0.173. The lowest BCUT2D eigenvalue weighted by Crippen LogP contribution is -2.34. The highest BCUT2D eigenvalue weighted by molar-refractivity contribution is 6.10. The van der Waals surface area contributed by atoms with Gasteiger partial charge in [-0.3, -0.25) is 9.97 Å². The molecule has 3 aromatic rings. The van der Waals surface area contributed by atoms with Crippen LogP contribution in [0.2, 0.25) is 0 Å². The molecular formula is C24H24F2N8O. The third-order valence-corrected chi connectivity index (χ3v) is 5.11. The summed E-state index contributed by atoms with van der Waals surface area (Å²) in [4.78, 5) is 8.91. The predicted molar refractivity (Wildman–Crippen MR) is 133 cm³/mol. The molecule has 0 saturated carbocycles. The number of anilines is 2. The molecule has 0 radical (unpaired) electrons. The van der Waals surface area contributed by atoms with E-state index in [2.05, 4.69) is 37.4 Å². The number of rotatable bonds is 8. The molecule has 35 heavy (non-hydrogen) atoms. The van der Waals surface area contributed by atoms with Crippen LogP contribution < -0.4 is 16.5 Å². The number of allylic oxidation sites excluding steroid dienone is 2. The number of nitrogens with two attached hydrogens (primary N) is 1. The van der Waals surface area contributed by atoms with Crippen LogP contribution in [-0.4, -0.2) is 53.3 Å². The smallest absolute Gasteiger partial charge is 0.169 e. The summed E-state index contributed by atoms with van der Waals surface area (Å²) < 4.78 is 32.4. The fourth-order valence-corrected chi connectivity index (χ4v) is 3.45. The normalized spacial score (nSPS) is 13.8. The van der Waals surface area contributed by atoms with Gasteiger partial charge in [0, 0.05) is 31.5 Å². The van der Waals surface area contributed by atoms with E-state index < -0.39 is 11.6 Å². The maximum atomic E-state index is 13.7. The summed E-state index contributed by atoms with van der Waals surface area (Å²) in [7, 11) is 1.64. The molecule has 180 valence electrons. The topological polar surface area (TPSA) is 113 Å². The van der Waals surface area contributed by atoms with Gasteiger partial charge in [-0.2, -0.15) is 10.2 Å². The van der Waals surface area contributed by atoms with E-state index in [1.165, 1.54) is 17.1 Å². The molecule has 4 N–H and O–H groups in total. The number of nitrogens with zero attached hydrogens (tertiary/aromatic N) is 5. The summed E-state index contributed by atoms with van der Waals surface area (Å²) in [6.45, 7) is 5.35. The Bertz CT molecular complexity index is 1320. The fourth-order valence-electron chi connectivity index (χ4n) is 3.45. The van der Waals surface area contributed by atoms with E-state index in [-0.39, 0.29) is 12.1 Å². The molecule has 0 unspecified atom stereocenters. The van der Waals surface area contributed by atoms with Gasteiger partial charge in [-0.1, -0.05) is 6.58 Å². The highest BCUT2D eigenvalue weighted by atomic mass is 19.1. The number of pyridine rings is 2. The zero-order chi connectivity index (χ0) is 24.8. The summed E-state index contributed by atoms with van der Waals surface area (Å²) in [6, 6.07) is 6.88. The minimum atomic E-state index is -0.699. The van der Waals surface area contributed by atoms with Crippen LogP contribution in [0.1, 0.15) is 5.56 Å². The van der Waals surface area contributed by atoms with Gasteiger partial charge in [-0.25, -0.2) is 13.8 Å². The van der Waals surface area contributed by atoms with Gasteiger partial charge in [0.25, 0.3) is 0 Å². The van der Waals surface area contributed by atoms with Crippen LogP contribution >= 0.6 is 0 Å². The number of hydrazone groups is 2. The predicted octanol–water partition coefficient (Wildman–Crippen LogP) is 3.44. The first kappa shape index (κ1) is 23.8. The van der Waals surface area contributed by atoms with Gasteiger partial charge in [0.05, 0.1) is 47.6 Å². The molecule has 0 atom stereocenters. The van der Waals surface area contributed by atoms with Crippen LogP contribution in [0, 0.1) is 11.6 Å². The maximum absolute atomic E-state index is 13.7. The number of hydrogen-bond acceptors (Lipinski definition) is 8. The van der Waals surface area contributed by atoms with Crippen molar-refractivity contribution in [3.8, 4) is 0 Å². The second-order valence-electron chi connectivity index (χ2n) is 7.55.